The summed E-state index contributed by atoms with van der Waals surface area (Å²) in [6.45, 7) is 1.31. The van der Waals surface area contributed by atoms with Crippen LogP contribution < -0.4 is 4.74 Å². The summed E-state index contributed by atoms with van der Waals surface area (Å²) in [6.07, 6.45) is 4.62. The van der Waals surface area contributed by atoms with Crippen molar-refractivity contribution in [2.75, 3.05) is 0 Å². The fraction of sp³-hybridized carbons (Fsp3) is 0.368. The van der Waals surface area contributed by atoms with E-state index < -0.39 is 28.8 Å². The molecule has 1 aliphatic heterocycles. The normalized spacial score (nSPS) is 28.2. The lowest BCUT2D eigenvalue weighted by molar-refractivity contribution is -0.384. The lowest BCUT2D eigenvalue weighted by Gasteiger charge is -2.14. The molecule has 2 aliphatic carbocycles. The number of non-ortho nitro benzene ring substituents is 1. The number of hydrogen-bond acceptors (Lipinski definition) is 7. The van der Waals surface area contributed by atoms with Gasteiger partial charge in [-0.25, -0.2) is 4.79 Å². The fourth-order valence-electron chi connectivity index (χ4n) is 4.22. The molecular formula is C19H17N3O7. The van der Waals surface area contributed by atoms with Gasteiger partial charge in [-0.3, -0.25) is 19.7 Å². The van der Waals surface area contributed by atoms with Crippen molar-refractivity contribution in [1.82, 2.24) is 5.01 Å². The summed E-state index contributed by atoms with van der Waals surface area (Å²) in [6, 6.07) is 3.57. The lowest BCUT2D eigenvalue weighted by Crippen LogP contribution is -2.28. The van der Waals surface area contributed by atoms with Crippen molar-refractivity contribution in [2.24, 2.45) is 28.8 Å². The number of nitrogens with zero attached hydrogens (tertiary/aromatic N) is 3. The highest BCUT2D eigenvalue weighted by Gasteiger charge is 2.59. The molecule has 29 heavy (non-hydrogen) atoms. The predicted molar refractivity (Wildman–Crippen MR) is 98.0 cm³/mol. The van der Waals surface area contributed by atoms with Crippen LogP contribution in [0.15, 0.2) is 35.5 Å². The Kier molecular flexibility index (Phi) is 4.40. The van der Waals surface area contributed by atoms with Crippen LogP contribution in [0.5, 0.6) is 5.75 Å². The summed E-state index contributed by atoms with van der Waals surface area (Å²) in [4.78, 5) is 46.9. The van der Waals surface area contributed by atoms with Crippen LogP contribution >= 0.6 is 0 Å². The Morgan fingerprint density at radius 1 is 1.31 bits per heavy atom. The van der Waals surface area contributed by atoms with Gasteiger partial charge in [-0.1, -0.05) is 12.2 Å². The third kappa shape index (κ3) is 3.06. The highest BCUT2D eigenvalue weighted by atomic mass is 16.6. The Morgan fingerprint density at radius 2 is 1.93 bits per heavy atom. The van der Waals surface area contributed by atoms with Crippen LogP contribution in [0.1, 0.15) is 18.9 Å². The van der Waals surface area contributed by atoms with Crippen molar-refractivity contribution in [2.45, 2.75) is 19.4 Å². The van der Waals surface area contributed by atoms with Gasteiger partial charge in [0, 0.05) is 17.7 Å². The van der Waals surface area contributed by atoms with Gasteiger partial charge >= 0.3 is 5.97 Å². The summed E-state index contributed by atoms with van der Waals surface area (Å²) in [7, 11) is 0. The van der Waals surface area contributed by atoms with E-state index in [4.69, 9.17) is 9.84 Å². The molecule has 1 aromatic carbocycles. The molecule has 3 aliphatic rings. The second-order valence-electron chi connectivity index (χ2n) is 7.31. The molecule has 0 radical (unpaired) electrons. The van der Waals surface area contributed by atoms with E-state index in [1.165, 1.54) is 19.1 Å². The van der Waals surface area contributed by atoms with Crippen molar-refractivity contribution in [3.63, 3.8) is 0 Å². The van der Waals surface area contributed by atoms with Crippen molar-refractivity contribution in [1.29, 1.82) is 0 Å². The number of hydrazone groups is 1. The zero-order chi connectivity index (χ0) is 20.9. The first-order chi connectivity index (χ1) is 13.8. The number of carboxylic acid groups (broad SMARTS) is 1. The van der Waals surface area contributed by atoms with Gasteiger partial charge in [0.1, 0.15) is 5.75 Å². The smallest absolute Gasteiger partial charge is 0.344 e. The zero-order valence-electron chi connectivity index (χ0n) is 15.3. The van der Waals surface area contributed by atoms with Crippen LogP contribution in [-0.2, 0) is 14.4 Å². The number of amides is 2. The molecule has 2 amide bonds. The predicted octanol–water partition coefficient (Wildman–Crippen LogP) is 1.59. The quantitative estimate of drug-likeness (QED) is 0.252. The molecule has 1 aromatic rings. The van der Waals surface area contributed by atoms with E-state index >= 15 is 0 Å². The number of hydrogen-bond donors (Lipinski definition) is 1. The van der Waals surface area contributed by atoms with E-state index in [1.807, 2.05) is 12.2 Å². The molecule has 0 spiro atoms. The number of carbonyl (C=O) groups is 3. The minimum Gasteiger partial charge on any atom is -0.479 e. The van der Waals surface area contributed by atoms with Gasteiger partial charge in [-0.2, -0.15) is 10.1 Å². The number of nitro benzene ring substituents is 1. The van der Waals surface area contributed by atoms with Crippen molar-refractivity contribution < 1.29 is 29.2 Å². The molecule has 150 valence electrons. The van der Waals surface area contributed by atoms with Crippen LogP contribution in [0.4, 0.5) is 5.69 Å². The molecule has 5 atom stereocenters. The first-order valence-electron chi connectivity index (χ1n) is 9.06. The number of aliphatic carboxylic acids is 1. The van der Waals surface area contributed by atoms with Gasteiger partial charge in [0.2, 0.25) is 0 Å². The van der Waals surface area contributed by atoms with Gasteiger partial charge < -0.3 is 9.84 Å². The molecule has 1 N–H and O–H groups in total. The Hall–Kier alpha value is -3.56. The van der Waals surface area contributed by atoms with Crippen molar-refractivity contribution in [3.05, 3.63) is 46.0 Å². The fourth-order valence-corrected chi connectivity index (χ4v) is 4.22. The van der Waals surface area contributed by atoms with Crippen LogP contribution in [0, 0.1) is 33.8 Å². The third-order valence-corrected chi connectivity index (χ3v) is 5.62. The lowest BCUT2D eigenvalue weighted by atomic mass is 9.85. The second kappa shape index (κ2) is 6.80. The summed E-state index contributed by atoms with van der Waals surface area (Å²) >= 11 is 0. The van der Waals surface area contributed by atoms with Crippen LogP contribution in [0.3, 0.4) is 0 Å². The van der Waals surface area contributed by atoms with Crippen LogP contribution in [0.2, 0.25) is 0 Å². The molecule has 10 nitrogen and oxygen atoms in total. The SMILES string of the molecule is CC(Oc1ccc([N+](=O)[O-])cc1C=NN1C(=O)C2C3C=CC(C3)C2C1=O)C(=O)O. The van der Waals surface area contributed by atoms with E-state index in [1.54, 1.807) is 0 Å². The number of rotatable bonds is 6. The maximum atomic E-state index is 12.7. The summed E-state index contributed by atoms with van der Waals surface area (Å²) in [5.41, 5.74) is -0.175. The third-order valence-electron chi connectivity index (χ3n) is 5.62. The van der Waals surface area contributed by atoms with Gasteiger partial charge in [-0.15, -0.1) is 0 Å². The van der Waals surface area contributed by atoms with Crippen molar-refractivity contribution in [3.8, 4) is 5.75 Å². The molecule has 0 aromatic heterocycles. The average Bonchev–Trinajstić information content (AvgIpc) is 3.35. The summed E-state index contributed by atoms with van der Waals surface area (Å²) in [5, 5.41) is 24.9. The maximum absolute atomic E-state index is 12.7. The average molecular weight is 399 g/mol. The van der Waals surface area contributed by atoms with Gasteiger partial charge in [0.05, 0.1) is 23.0 Å². The summed E-state index contributed by atoms with van der Waals surface area (Å²) < 4.78 is 5.32. The molecule has 4 rings (SSSR count). The largest absolute Gasteiger partial charge is 0.479 e. The highest BCUT2D eigenvalue weighted by molar-refractivity contribution is 6.07. The minimum atomic E-state index is -1.22. The molecule has 2 fully saturated rings. The molecular weight excluding hydrogens is 382 g/mol. The van der Waals surface area contributed by atoms with Crippen LogP contribution in [0.25, 0.3) is 0 Å². The van der Waals surface area contributed by atoms with E-state index in [9.17, 15) is 24.5 Å². The Balaban J connectivity index is 1.62. The number of fused-ring (bicyclic) bond motifs is 5. The number of carbonyl (C=O) groups excluding carboxylic acids is 2. The first-order valence-corrected chi connectivity index (χ1v) is 9.06. The van der Waals surface area contributed by atoms with E-state index in [0.717, 1.165) is 23.7 Å². The summed E-state index contributed by atoms with van der Waals surface area (Å²) in [5.74, 6) is -2.71. The van der Waals surface area contributed by atoms with Crippen LogP contribution in [-0.4, -0.2) is 45.1 Å². The number of nitro groups is 1. The standard InChI is InChI=1S/C19H17N3O7/c1-9(19(25)26)29-14-5-4-13(22(27)28)7-12(14)8-20-21-17(23)15-10-2-3-11(6-10)16(15)18(21)24/h2-5,7-11,15-16H,6H2,1H3,(H,25,26). The Labute approximate surface area is 164 Å². The zero-order valence-corrected chi connectivity index (χ0v) is 15.3. The number of allylic oxidation sites excluding steroid dienone is 2. The van der Waals surface area contributed by atoms with Crippen molar-refractivity contribution >= 4 is 29.7 Å². The Morgan fingerprint density at radius 3 is 2.48 bits per heavy atom. The first kappa shape index (κ1) is 18.8. The van der Waals surface area contributed by atoms with Gasteiger partial charge in [-0.05, 0) is 31.2 Å². The van der Waals surface area contributed by atoms with E-state index in [-0.39, 0.29) is 40.7 Å². The minimum absolute atomic E-state index is 0.0368. The topological polar surface area (TPSA) is 139 Å². The van der Waals surface area contributed by atoms with Gasteiger partial charge in [0.25, 0.3) is 17.5 Å². The number of benzene rings is 1. The van der Waals surface area contributed by atoms with E-state index in [2.05, 4.69) is 5.10 Å². The molecule has 1 heterocycles. The number of ether oxygens (including phenoxy) is 1. The van der Waals surface area contributed by atoms with E-state index in [0.29, 0.717) is 0 Å². The number of imide groups is 1. The second-order valence-corrected chi connectivity index (χ2v) is 7.31. The molecule has 2 bridgehead atoms. The van der Waals surface area contributed by atoms with Gasteiger partial charge in [0.15, 0.2) is 6.10 Å². The Bertz CT molecular complexity index is 956. The molecule has 5 unspecified atom stereocenters. The maximum Gasteiger partial charge on any atom is 0.344 e. The number of carboxylic acids is 1. The molecule has 1 saturated carbocycles. The highest BCUT2D eigenvalue weighted by Crippen LogP contribution is 2.52. The monoisotopic (exact) mass is 399 g/mol. The molecule has 1 saturated heterocycles. The molecule has 10 heteroatoms.